The summed E-state index contributed by atoms with van der Waals surface area (Å²) in [6, 6.07) is 8.22. The van der Waals surface area contributed by atoms with Crippen molar-refractivity contribution in [2.75, 3.05) is 7.05 Å². The summed E-state index contributed by atoms with van der Waals surface area (Å²) in [6.07, 6.45) is 3.83. The summed E-state index contributed by atoms with van der Waals surface area (Å²) in [5, 5.41) is 0.219. The van der Waals surface area contributed by atoms with E-state index in [0.717, 1.165) is 12.0 Å². The molecule has 0 radical (unpaired) electrons. The first-order valence-corrected chi connectivity index (χ1v) is 6.78. The Bertz CT molecular complexity index is 598. The van der Waals surface area contributed by atoms with Crippen LogP contribution in [0.15, 0.2) is 36.7 Å². The number of hydrogen-bond donors (Lipinski definition) is 0. The van der Waals surface area contributed by atoms with Gasteiger partial charge in [-0.2, -0.15) is 0 Å². The van der Waals surface area contributed by atoms with Crippen LogP contribution in [0.4, 0.5) is 0 Å². The van der Waals surface area contributed by atoms with Crippen LogP contribution in [0.2, 0.25) is 5.15 Å². The van der Waals surface area contributed by atoms with Crippen molar-refractivity contribution in [3.05, 3.63) is 58.6 Å². The number of carbonyl (C=O) groups is 1. The van der Waals surface area contributed by atoms with Crippen molar-refractivity contribution >= 4 is 17.5 Å². The van der Waals surface area contributed by atoms with Gasteiger partial charge < -0.3 is 4.90 Å². The number of nitrogens with zero attached hydrogens (tertiary/aromatic N) is 3. The number of carbonyl (C=O) groups excluding carboxylic acids is 1. The molecule has 1 heterocycles. The SMILES string of the molecule is CCc1ccc(CN(C)C(=O)c2cncc(Cl)n2)cc1. The second kappa shape index (κ2) is 6.48. The lowest BCUT2D eigenvalue weighted by molar-refractivity contribution is 0.0779. The van der Waals surface area contributed by atoms with E-state index in [0.29, 0.717) is 6.54 Å². The lowest BCUT2D eigenvalue weighted by Gasteiger charge is -2.16. The first-order chi connectivity index (χ1) is 9.60. The fourth-order valence-electron chi connectivity index (χ4n) is 1.87. The number of aryl methyl sites for hydroxylation is 1. The largest absolute Gasteiger partial charge is 0.336 e. The molecule has 0 aliphatic rings. The fourth-order valence-corrected chi connectivity index (χ4v) is 2.01. The molecule has 104 valence electrons. The number of rotatable bonds is 4. The second-order valence-corrected chi connectivity index (χ2v) is 4.95. The molecule has 0 bridgehead atoms. The Morgan fingerprint density at radius 3 is 2.45 bits per heavy atom. The minimum Gasteiger partial charge on any atom is -0.336 e. The lowest BCUT2D eigenvalue weighted by Crippen LogP contribution is -2.27. The summed E-state index contributed by atoms with van der Waals surface area (Å²) in [7, 11) is 1.73. The van der Waals surface area contributed by atoms with Crippen molar-refractivity contribution in [1.82, 2.24) is 14.9 Å². The molecule has 1 aromatic carbocycles. The molecule has 0 aliphatic carbocycles. The van der Waals surface area contributed by atoms with Gasteiger partial charge in [0.2, 0.25) is 0 Å². The number of hydrogen-bond acceptors (Lipinski definition) is 3. The molecule has 4 nitrogen and oxygen atoms in total. The van der Waals surface area contributed by atoms with Crippen molar-refractivity contribution in [1.29, 1.82) is 0 Å². The van der Waals surface area contributed by atoms with Gasteiger partial charge in [-0.15, -0.1) is 0 Å². The topological polar surface area (TPSA) is 46.1 Å². The van der Waals surface area contributed by atoms with Crippen LogP contribution in [0.3, 0.4) is 0 Å². The van der Waals surface area contributed by atoms with Crippen LogP contribution >= 0.6 is 11.6 Å². The van der Waals surface area contributed by atoms with Gasteiger partial charge >= 0.3 is 0 Å². The van der Waals surface area contributed by atoms with Gasteiger partial charge in [0.1, 0.15) is 10.8 Å². The summed E-state index contributed by atoms with van der Waals surface area (Å²) in [5.74, 6) is -0.195. The molecule has 2 rings (SSSR count). The fraction of sp³-hybridized carbons (Fsp3) is 0.267. The Morgan fingerprint density at radius 2 is 1.85 bits per heavy atom. The first-order valence-electron chi connectivity index (χ1n) is 6.41. The van der Waals surface area contributed by atoms with Gasteiger partial charge in [-0.1, -0.05) is 42.8 Å². The monoisotopic (exact) mass is 289 g/mol. The first kappa shape index (κ1) is 14.5. The van der Waals surface area contributed by atoms with Crippen molar-refractivity contribution in [2.45, 2.75) is 19.9 Å². The number of halogens is 1. The van der Waals surface area contributed by atoms with Crippen LogP contribution in [0.5, 0.6) is 0 Å². The molecule has 2 aromatic rings. The Hall–Kier alpha value is -1.94. The third kappa shape index (κ3) is 3.54. The maximum absolute atomic E-state index is 12.2. The predicted octanol–water partition coefficient (Wildman–Crippen LogP) is 2.96. The highest BCUT2D eigenvalue weighted by atomic mass is 35.5. The number of aromatic nitrogens is 2. The molecule has 1 aromatic heterocycles. The molecule has 0 saturated heterocycles. The van der Waals surface area contributed by atoms with E-state index in [1.165, 1.54) is 18.0 Å². The molecule has 0 N–H and O–H groups in total. The van der Waals surface area contributed by atoms with Crippen LogP contribution in [-0.4, -0.2) is 27.8 Å². The van der Waals surface area contributed by atoms with Crippen molar-refractivity contribution < 1.29 is 4.79 Å². The van der Waals surface area contributed by atoms with Crippen LogP contribution < -0.4 is 0 Å². The van der Waals surface area contributed by atoms with Gasteiger partial charge in [0, 0.05) is 13.6 Å². The van der Waals surface area contributed by atoms with E-state index in [1.54, 1.807) is 11.9 Å². The highest BCUT2D eigenvalue weighted by Gasteiger charge is 2.14. The Balaban J connectivity index is 2.07. The normalized spacial score (nSPS) is 10.3. The van der Waals surface area contributed by atoms with Crippen LogP contribution in [0.25, 0.3) is 0 Å². The molecule has 5 heteroatoms. The highest BCUT2D eigenvalue weighted by Crippen LogP contribution is 2.10. The van der Waals surface area contributed by atoms with Crippen LogP contribution in [0, 0.1) is 0 Å². The summed E-state index contributed by atoms with van der Waals surface area (Å²) >= 11 is 5.74. The molecular formula is C15H16ClN3O. The van der Waals surface area contributed by atoms with Gasteiger partial charge in [0.05, 0.1) is 12.4 Å². The van der Waals surface area contributed by atoms with Crippen LogP contribution in [0.1, 0.15) is 28.5 Å². The van der Waals surface area contributed by atoms with Gasteiger partial charge in [0.15, 0.2) is 0 Å². The molecule has 0 saturated carbocycles. The Kier molecular flexibility index (Phi) is 4.69. The molecular weight excluding hydrogens is 274 g/mol. The molecule has 0 unspecified atom stereocenters. The van der Waals surface area contributed by atoms with E-state index in [1.807, 2.05) is 12.1 Å². The maximum Gasteiger partial charge on any atom is 0.274 e. The van der Waals surface area contributed by atoms with E-state index in [2.05, 4.69) is 29.0 Å². The van der Waals surface area contributed by atoms with Crippen LogP contribution in [-0.2, 0) is 13.0 Å². The number of amides is 1. The molecule has 0 fully saturated rings. The third-order valence-corrected chi connectivity index (χ3v) is 3.20. The molecule has 0 atom stereocenters. The Labute approximate surface area is 123 Å². The van der Waals surface area contributed by atoms with Gasteiger partial charge in [-0.05, 0) is 17.5 Å². The molecule has 1 amide bonds. The maximum atomic E-state index is 12.2. The van der Waals surface area contributed by atoms with Gasteiger partial charge in [-0.25, -0.2) is 4.98 Å². The second-order valence-electron chi connectivity index (χ2n) is 4.56. The molecule has 0 aliphatic heterocycles. The summed E-state index contributed by atoms with van der Waals surface area (Å²) in [4.78, 5) is 21.6. The average Bonchev–Trinajstić information content (AvgIpc) is 2.47. The van der Waals surface area contributed by atoms with E-state index in [9.17, 15) is 4.79 Å². The zero-order valence-electron chi connectivity index (χ0n) is 11.5. The van der Waals surface area contributed by atoms with Gasteiger partial charge in [0.25, 0.3) is 5.91 Å². The quantitative estimate of drug-likeness (QED) is 0.869. The minimum atomic E-state index is -0.195. The minimum absolute atomic E-state index is 0.195. The van der Waals surface area contributed by atoms with E-state index >= 15 is 0 Å². The molecule has 0 spiro atoms. The zero-order chi connectivity index (χ0) is 14.5. The smallest absolute Gasteiger partial charge is 0.274 e. The lowest BCUT2D eigenvalue weighted by atomic mass is 10.1. The number of benzene rings is 1. The summed E-state index contributed by atoms with van der Waals surface area (Å²) < 4.78 is 0. The van der Waals surface area contributed by atoms with Crippen molar-refractivity contribution in [2.24, 2.45) is 0 Å². The zero-order valence-corrected chi connectivity index (χ0v) is 12.3. The van der Waals surface area contributed by atoms with Gasteiger partial charge in [-0.3, -0.25) is 9.78 Å². The highest BCUT2D eigenvalue weighted by molar-refractivity contribution is 6.29. The van der Waals surface area contributed by atoms with E-state index < -0.39 is 0 Å². The third-order valence-electron chi connectivity index (χ3n) is 3.02. The summed E-state index contributed by atoms with van der Waals surface area (Å²) in [5.41, 5.74) is 2.61. The van der Waals surface area contributed by atoms with E-state index in [4.69, 9.17) is 11.6 Å². The average molecular weight is 290 g/mol. The summed E-state index contributed by atoms with van der Waals surface area (Å²) in [6.45, 7) is 2.64. The Morgan fingerprint density at radius 1 is 1.20 bits per heavy atom. The van der Waals surface area contributed by atoms with Crippen molar-refractivity contribution in [3.63, 3.8) is 0 Å². The van der Waals surface area contributed by atoms with E-state index in [-0.39, 0.29) is 16.8 Å². The standard InChI is InChI=1S/C15H16ClN3O/c1-3-11-4-6-12(7-5-11)10-19(2)15(20)13-8-17-9-14(16)18-13/h4-9H,3,10H2,1-2H3. The van der Waals surface area contributed by atoms with Crippen molar-refractivity contribution in [3.8, 4) is 0 Å². The predicted molar refractivity (Wildman–Crippen MR) is 78.7 cm³/mol. The molecule has 20 heavy (non-hydrogen) atoms.